The fourth-order valence-electron chi connectivity index (χ4n) is 3.08. The molecule has 22 heavy (non-hydrogen) atoms. The fraction of sp³-hybridized carbons (Fsp3) is 0.294. The van der Waals surface area contributed by atoms with E-state index in [9.17, 15) is 8.42 Å². The third-order valence-corrected chi connectivity index (χ3v) is 7.15. The van der Waals surface area contributed by atoms with Crippen LogP contribution in [0.15, 0.2) is 57.9 Å². The summed E-state index contributed by atoms with van der Waals surface area (Å²) in [6, 6.07) is 15.0. The Balaban J connectivity index is 2.02. The zero-order valence-corrected chi connectivity index (χ0v) is 14.8. The highest BCUT2D eigenvalue weighted by Crippen LogP contribution is 2.37. The Morgan fingerprint density at radius 1 is 1.09 bits per heavy atom. The van der Waals surface area contributed by atoms with Crippen LogP contribution in [0.1, 0.15) is 30.0 Å². The molecule has 0 fully saturated rings. The second kappa shape index (κ2) is 6.14. The molecule has 1 atom stereocenters. The first-order chi connectivity index (χ1) is 10.5. The maximum atomic E-state index is 13.0. The Labute approximate surface area is 140 Å². The van der Waals surface area contributed by atoms with Gasteiger partial charge < -0.3 is 0 Å². The summed E-state index contributed by atoms with van der Waals surface area (Å²) in [6.45, 7) is 0. The molecule has 0 amide bonds. The van der Waals surface area contributed by atoms with E-state index in [-0.39, 0.29) is 6.04 Å². The van der Waals surface area contributed by atoms with E-state index < -0.39 is 10.0 Å². The molecule has 0 spiro atoms. The lowest BCUT2D eigenvalue weighted by Crippen LogP contribution is -2.33. The van der Waals surface area contributed by atoms with Crippen LogP contribution in [0, 0.1) is 0 Å². The van der Waals surface area contributed by atoms with Gasteiger partial charge in [-0.05, 0) is 58.5 Å². The number of fused-ring (bicyclic) bond motifs is 1. The molecule has 0 radical (unpaired) electrons. The fourth-order valence-corrected chi connectivity index (χ4v) is 5.41. The highest BCUT2D eigenvalue weighted by atomic mass is 79.9. The van der Waals surface area contributed by atoms with Gasteiger partial charge in [-0.3, -0.25) is 0 Å². The molecule has 3 rings (SSSR count). The van der Waals surface area contributed by atoms with Crippen LogP contribution in [0.2, 0.25) is 0 Å². The monoisotopic (exact) mass is 379 g/mol. The smallest absolute Gasteiger partial charge is 0.207 e. The summed E-state index contributed by atoms with van der Waals surface area (Å²) in [5.41, 5.74) is 2.39. The molecule has 0 aromatic heterocycles. The molecule has 2 aromatic rings. The maximum absolute atomic E-state index is 13.0. The number of aryl methyl sites for hydroxylation is 1. The van der Waals surface area contributed by atoms with Crippen LogP contribution < -0.4 is 0 Å². The van der Waals surface area contributed by atoms with Crippen LogP contribution in [-0.2, 0) is 16.4 Å². The van der Waals surface area contributed by atoms with E-state index in [4.69, 9.17) is 0 Å². The Kier molecular flexibility index (Phi) is 4.39. The Hall–Kier alpha value is -1.17. The lowest BCUT2D eigenvalue weighted by Gasteiger charge is -2.32. The van der Waals surface area contributed by atoms with Crippen molar-refractivity contribution >= 4 is 26.0 Å². The minimum absolute atomic E-state index is 0.0953. The van der Waals surface area contributed by atoms with Gasteiger partial charge in [0, 0.05) is 17.6 Å². The standard InChI is InChI=1S/C17H18BrNO2S/c1-19(22(20,21)17-12-5-4-10-15(17)18)16-11-6-8-13-7-2-3-9-14(13)16/h2-5,7,9-10,12,16H,6,8,11H2,1H3. The number of hydrogen-bond donors (Lipinski definition) is 0. The molecule has 3 nitrogen and oxygen atoms in total. The van der Waals surface area contributed by atoms with Gasteiger partial charge in [-0.1, -0.05) is 36.4 Å². The molecule has 0 N–H and O–H groups in total. The summed E-state index contributed by atoms with van der Waals surface area (Å²) in [6.07, 6.45) is 2.89. The van der Waals surface area contributed by atoms with E-state index in [2.05, 4.69) is 22.0 Å². The molecule has 0 saturated carbocycles. The van der Waals surface area contributed by atoms with Crippen LogP contribution in [0.5, 0.6) is 0 Å². The van der Waals surface area contributed by atoms with E-state index >= 15 is 0 Å². The van der Waals surface area contributed by atoms with Crippen molar-refractivity contribution in [1.29, 1.82) is 0 Å². The number of hydrogen-bond acceptors (Lipinski definition) is 2. The molecule has 0 bridgehead atoms. The van der Waals surface area contributed by atoms with E-state index in [0.29, 0.717) is 9.37 Å². The van der Waals surface area contributed by atoms with Gasteiger partial charge in [-0.2, -0.15) is 4.31 Å². The van der Waals surface area contributed by atoms with E-state index in [1.165, 1.54) is 9.87 Å². The van der Waals surface area contributed by atoms with Gasteiger partial charge in [0.1, 0.15) is 0 Å². The van der Waals surface area contributed by atoms with Gasteiger partial charge in [0.25, 0.3) is 0 Å². The molecule has 116 valence electrons. The molecule has 2 aromatic carbocycles. The predicted octanol–water partition coefficient (Wildman–Crippen LogP) is 4.15. The first kappa shape index (κ1) is 15.7. The SMILES string of the molecule is CN(C1CCCc2ccccc21)S(=O)(=O)c1ccccc1Br. The van der Waals surface area contributed by atoms with E-state index in [1.54, 1.807) is 25.2 Å². The second-order valence-corrected chi connectivity index (χ2v) is 8.38. The summed E-state index contributed by atoms with van der Waals surface area (Å²) in [7, 11) is -1.84. The molecule has 1 aliphatic carbocycles. The van der Waals surface area contributed by atoms with Crippen LogP contribution in [0.25, 0.3) is 0 Å². The summed E-state index contributed by atoms with van der Waals surface area (Å²) in [4.78, 5) is 0.320. The molecule has 1 unspecified atom stereocenters. The van der Waals surface area contributed by atoms with Crippen LogP contribution in [0.4, 0.5) is 0 Å². The Morgan fingerprint density at radius 2 is 1.77 bits per heavy atom. The van der Waals surface area contributed by atoms with Crippen LogP contribution >= 0.6 is 15.9 Å². The highest BCUT2D eigenvalue weighted by molar-refractivity contribution is 9.10. The zero-order valence-electron chi connectivity index (χ0n) is 12.4. The summed E-state index contributed by atoms with van der Waals surface area (Å²) in [5, 5.41) is 0. The van der Waals surface area contributed by atoms with Gasteiger partial charge in [0.2, 0.25) is 10.0 Å². The minimum Gasteiger partial charge on any atom is -0.207 e. The predicted molar refractivity (Wildman–Crippen MR) is 91.2 cm³/mol. The normalized spacial score (nSPS) is 18.2. The average Bonchev–Trinajstić information content (AvgIpc) is 2.54. The van der Waals surface area contributed by atoms with Crippen molar-refractivity contribution in [2.75, 3.05) is 7.05 Å². The number of rotatable bonds is 3. The number of halogens is 1. The third kappa shape index (κ3) is 2.73. The summed E-state index contributed by atoms with van der Waals surface area (Å²) in [5.74, 6) is 0. The van der Waals surface area contributed by atoms with Crippen molar-refractivity contribution in [2.24, 2.45) is 0 Å². The van der Waals surface area contributed by atoms with E-state index in [0.717, 1.165) is 24.8 Å². The average molecular weight is 380 g/mol. The zero-order chi connectivity index (χ0) is 15.7. The molecular weight excluding hydrogens is 362 g/mol. The van der Waals surface area contributed by atoms with Crippen molar-refractivity contribution in [3.05, 3.63) is 64.1 Å². The minimum atomic E-state index is -3.53. The number of nitrogens with zero attached hydrogens (tertiary/aromatic N) is 1. The van der Waals surface area contributed by atoms with Crippen molar-refractivity contribution in [1.82, 2.24) is 4.31 Å². The largest absolute Gasteiger partial charge is 0.244 e. The van der Waals surface area contributed by atoms with Crippen LogP contribution in [0.3, 0.4) is 0 Å². The third-order valence-electron chi connectivity index (χ3n) is 4.27. The topological polar surface area (TPSA) is 37.4 Å². The van der Waals surface area contributed by atoms with Crippen LogP contribution in [-0.4, -0.2) is 19.8 Å². The van der Waals surface area contributed by atoms with Crippen molar-refractivity contribution in [3.63, 3.8) is 0 Å². The molecular formula is C17H18BrNO2S. The van der Waals surface area contributed by atoms with Gasteiger partial charge >= 0.3 is 0 Å². The highest BCUT2D eigenvalue weighted by Gasteiger charge is 2.32. The molecule has 1 aliphatic rings. The van der Waals surface area contributed by atoms with Crippen molar-refractivity contribution in [2.45, 2.75) is 30.2 Å². The molecule has 0 heterocycles. The molecule has 5 heteroatoms. The van der Waals surface area contributed by atoms with Gasteiger partial charge in [0.05, 0.1) is 4.90 Å². The van der Waals surface area contributed by atoms with E-state index in [1.807, 2.05) is 24.3 Å². The number of sulfonamides is 1. The van der Waals surface area contributed by atoms with Gasteiger partial charge in [-0.25, -0.2) is 8.42 Å². The maximum Gasteiger partial charge on any atom is 0.244 e. The lowest BCUT2D eigenvalue weighted by molar-refractivity contribution is 0.337. The first-order valence-electron chi connectivity index (χ1n) is 7.32. The Morgan fingerprint density at radius 3 is 2.55 bits per heavy atom. The Bertz CT molecular complexity index is 789. The van der Waals surface area contributed by atoms with Crippen molar-refractivity contribution in [3.8, 4) is 0 Å². The van der Waals surface area contributed by atoms with Gasteiger partial charge in [-0.15, -0.1) is 0 Å². The van der Waals surface area contributed by atoms with Crippen molar-refractivity contribution < 1.29 is 8.42 Å². The van der Waals surface area contributed by atoms with Gasteiger partial charge in [0.15, 0.2) is 0 Å². The molecule has 0 aliphatic heterocycles. The second-order valence-electron chi connectivity index (χ2n) is 5.56. The quantitative estimate of drug-likeness (QED) is 0.803. The first-order valence-corrected chi connectivity index (χ1v) is 9.55. The molecule has 0 saturated heterocycles. The lowest BCUT2D eigenvalue weighted by atomic mass is 9.88. The summed E-state index contributed by atoms with van der Waals surface area (Å²) >= 11 is 3.35. The number of benzene rings is 2. The summed E-state index contributed by atoms with van der Waals surface area (Å²) < 4.78 is 28.0.